The van der Waals surface area contributed by atoms with Crippen molar-refractivity contribution < 1.29 is 4.42 Å². The van der Waals surface area contributed by atoms with Crippen LogP contribution in [0.25, 0.3) is 11.1 Å². The average molecular weight is 288 g/mol. The van der Waals surface area contributed by atoms with Gasteiger partial charge in [-0.3, -0.25) is 4.98 Å². The van der Waals surface area contributed by atoms with E-state index in [2.05, 4.69) is 34.9 Å². The molecule has 1 atom stereocenters. The number of thiophene rings is 1. The molecule has 4 nitrogen and oxygen atoms in total. The van der Waals surface area contributed by atoms with Gasteiger partial charge in [0.25, 0.3) is 0 Å². The topological polar surface area (TPSA) is 58.0 Å². The summed E-state index contributed by atoms with van der Waals surface area (Å²) in [4.78, 5) is 13.9. The molecule has 1 unspecified atom stereocenters. The molecule has 0 aliphatic rings. The number of hydrogen-bond acceptors (Lipinski definition) is 4. The van der Waals surface area contributed by atoms with Crippen molar-refractivity contribution in [1.29, 1.82) is 0 Å². The van der Waals surface area contributed by atoms with Crippen LogP contribution < -0.4 is 11.1 Å². The largest absolute Gasteiger partial charge is 0.417 e. The van der Waals surface area contributed by atoms with Crippen LogP contribution in [0.15, 0.2) is 38.2 Å². The van der Waals surface area contributed by atoms with Crippen molar-refractivity contribution in [2.24, 2.45) is 0 Å². The van der Waals surface area contributed by atoms with E-state index < -0.39 is 5.76 Å². The Labute approximate surface area is 120 Å². The number of benzene rings is 1. The Hall–Kier alpha value is -1.85. The Morgan fingerprint density at radius 2 is 2.25 bits per heavy atom. The Bertz CT molecular complexity index is 784. The minimum atomic E-state index is -0.413. The van der Waals surface area contributed by atoms with Crippen molar-refractivity contribution >= 4 is 22.4 Å². The van der Waals surface area contributed by atoms with Crippen LogP contribution in [0.4, 0.5) is 0 Å². The van der Waals surface area contributed by atoms with Gasteiger partial charge < -0.3 is 9.73 Å². The first-order chi connectivity index (χ1) is 9.69. The third-order valence-corrected chi connectivity index (χ3v) is 4.27. The van der Waals surface area contributed by atoms with E-state index in [0.717, 1.165) is 17.6 Å². The number of H-pyrrole nitrogens is 1. The Morgan fingerprint density at radius 3 is 2.95 bits per heavy atom. The molecule has 104 valence electrons. The molecule has 1 aromatic carbocycles. The first-order valence-corrected chi connectivity index (χ1v) is 7.52. The maximum atomic E-state index is 11.2. The first kappa shape index (κ1) is 13.1. The number of aromatic nitrogens is 1. The van der Waals surface area contributed by atoms with Gasteiger partial charge in [0, 0.05) is 0 Å². The molecule has 0 fully saturated rings. The molecule has 0 aliphatic heterocycles. The summed E-state index contributed by atoms with van der Waals surface area (Å²) >= 11 is 1.70. The number of oxazole rings is 1. The molecule has 0 saturated heterocycles. The van der Waals surface area contributed by atoms with Crippen LogP contribution in [0.2, 0.25) is 0 Å². The molecule has 2 N–H and O–H groups in total. The minimum Gasteiger partial charge on any atom is -0.408 e. The van der Waals surface area contributed by atoms with Crippen molar-refractivity contribution in [2.45, 2.75) is 19.9 Å². The number of rotatable bonds is 4. The van der Waals surface area contributed by atoms with Gasteiger partial charge >= 0.3 is 5.76 Å². The van der Waals surface area contributed by atoms with E-state index in [4.69, 9.17) is 4.42 Å². The third kappa shape index (κ3) is 2.30. The summed E-state index contributed by atoms with van der Waals surface area (Å²) in [7, 11) is 0. The predicted octanol–water partition coefficient (Wildman–Crippen LogP) is 3.19. The van der Waals surface area contributed by atoms with Gasteiger partial charge in [-0.2, -0.15) is 11.3 Å². The summed E-state index contributed by atoms with van der Waals surface area (Å²) in [6, 6.07) is 5.97. The van der Waals surface area contributed by atoms with Crippen molar-refractivity contribution in [3.05, 3.63) is 56.2 Å². The lowest BCUT2D eigenvalue weighted by Gasteiger charge is -2.18. The SMILES string of the molecule is CCNC(c1ccc2[nH]c(=O)oc2c1)c1cscc1C. The van der Waals surface area contributed by atoms with E-state index >= 15 is 0 Å². The number of aromatic amines is 1. The molecule has 3 aromatic rings. The highest BCUT2D eigenvalue weighted by Gasteiger charge is 2.17. The van der Waals surface area contributed by atoms with Crippen LogP contribution in [0, 0.1) is 6.92 Å². The fourth-order valence-corrected chi connectivity index (χ4v) is 3.30. The smallest absolute Gasteiger partial charge is 0.408 e. The molecule has 0 aliphatic carbocycles. The average Bonchev–Trinajstić information content (AvgIpc) is 3.00. The van der Waals surface area contributed by atoms with Crippen LogP contribution in [-0.4, -0.2) is 11.5 Å². The summed E-state index contributed by atoms with van der Waals surface area (Å²) in [5, 5.41) is 7.80. The van der Waals surface area contributed by atoms with E-state index in [1.807, 2.05) is 18.2 Å². The quantitative estimate of drug-likeness (QED) is 0.775. The van der Waals surface area contributed by atoms with Crippen LogP contribution in [-0.2, 0) is 0 Å². The van der Waals surface area contributed by atoms with Crippen molar-refractivity contribution in [2.75, 3.05) is 6.54 Å². The maximum Gasteiger partial charge on any atom is 0.417 e. The molecule has 2 heterocycles. The van der Waals surface area contributed by atoms with Gasteiger partial charge in [-0.25, -0.2) is 4.79 Å². The molecule has 0 radical (unpaired) electrons. The number of hydrogen-bond donors (Lipinski definition) is 2. The highest BCUT2D eigenvalue weighted by atomic mass is 32.1. The second-order valence-corrected chi connectivity index (χ2v) is 5.51. The zero-order valence-corrected chi connectivity index (χ0v) is 12.2. The first-order valence-electron chi connectivity index (χ1n) is 6.58. The van der Waals surface area contributed by atoms with Gasteiger partial charge in [-0.15, -0.1) is 0 Å². The fraction of sp³-hybridized carbons (Fsp3) is 0.267. The zero-order valence-electron chi connectivity index (χ0n) is 11.4. The van der Waals surface area contributed by atoms with Gasteiger partial charge in [-0.1, -0.05) is 13.0 Å². The summed E-state index contributed by atoms with van der Waals surface area (Å²) < 4.78 is 5.15. The summed E-state index contributed by atoms with van der Waals surface area (Å²) in [5.41, 5.74) is 4.98. The third-order valence-electron chi connectivity index (χ3n) is 3.39. The lowest BCUT2D eigenvalue weighted by atomic mass is 9.98. The number of aryl methyl sites for hydroxylation is 1. The van der Waals surface area contributed by atoms with Gasteiger partial charge in [0.1, 0.15) is 0 Å². The summed E-state index contributed by atoms with van der Waals surface area (Å²) in [5.74, 6) is -0.413. The predicted molar refractivity (Wildman–Crippen MR) is 81.4 cm³/mol. The van der Waals surface area contributed by atoms with Gasteiger partial charge in [0.2, 0.25) is 0 Å². The van der Waals surface area contributed by atoms with Gasteiger partial charge in [0.15, 0.2) is 5.58 Å². The van der Waals surface area contributed by atoms with E-state index in [9.17, 15) is 4.79 Å². The molecule has 5 heteroatoms. The minimum absolute atomic E-state index is 0.121. The van der Waals surface area contributed by atoms with E-state index in [1.54, 1.807) is 11.3 Å². The Morgan fingerprint density at radius 1 is 1.40 bits per heavy atom. The lowest BCUT2D eigenvalue weighted by molar-refractivity contribution is 0.553. The highest BCUT2D eigenvalue weighted by Crippen LogP contribution is 2.29. The van der Waals surface area contributed by atoms with Gasteiger partial charge in [-0.05, 0) is 53.1 Å². The standard InChI is InChI=1S/C15H16N2O2S/c1-3-16-14(11-8-20-7-9(11)2)10-4-5-12-13(6-10)19-15(18)17-12/h4-8,14,16H,3H2,1-2H3,(H,17,18). The van der Waals surface area contributed by atoms with Crippen LogP contribution in [0.5, 0.6) is 0 Å². The van der Waals surface area contributed by atoms with Crippen LogP contribution in [0.3, 0.4) is 0 Å². The second-order valence-electron chi connectivity index (χ2n) is 4.77. The van der Waals surface area contributed by atoms with E-state index in [-0.39, 0.29) is 6.04 Å². The lowest BCUT2D eigenvalue weighted by Crippen LogP contribution is -2.22. The molecule has 0 saturated carbocycles. The van der Waals surface area contributed by atoms with Gasteiger partial charge in [0.05, 0.1) is 11.6 Å². The molecule has 20 heavy (non-hydrogen) atoms. The Kier molecular flexibility index (Phi) is 3.46. The molecular weight excluding hydrogens is 272 g/mol. The normalized spacial score (nSPS) is 12.9. The molecular formula is C15H16N2O2S. The molecule has 0 spiro atoms. The highest BCUT2D eigenvalue weighted by molar-refractivity contribution is 7.08. The van der Waals surface area contributed by atoms with Crippen LogP contribution in [0.1, 0.15) is 29.7 Å². The monoisotopic (exact) mass is 288 g/mol. The van der Waals surface area contributed by atoms with Crippen molar-refractivity contribution in [1.82, 2.24) is 10.3 Å². The van der Waals surface area contributed by atoms with E-state index in [0.29, 0.717) is 5.58 Å². The van der Waals surface area contributed by atoms with Crippen LogP contribution >= 0.6 is 11.3 Å². The molecule has 0 amide bonds. The molecule has 0 bridgehead atoms. The number of nitrogens with one attached hydrogen (secondary N) is 2. The fourth-order valence-electron chi connectivity index (χ4n) is 2.42. The molecule has 2 aromatic heterocycles. The van der Waals surface area contributed by atoms with Crippen molar-refractivity contribution in [3.8, 4) is 0 Å². The Balaban J connectivity index is 2.09. The number of fused-ring (bicyclic) bond motifs is 1. The summed E-state index contributed by atoms with van der Waals surface area (Å²) in [6.07, 6.45) is 0. The maximum absolute atomic E-state index is 11.2. The zero-order chi connectivity index (χ0) is 14.1. The summed E-state index contributed by atoms with van der Waals surface area (Å²) in [6.45, 7) is 5.07. The van der Waals surface area contributed by atoms with E-state index in [1.165, 1.54) is 11.1 Å². The van der Waals surface area contributed by atoms with Crippen molar-refractivity contribution in [3.63, 3.8) is 0 Å². The molecule has 3 rings (SSSR count). The second kappa shape index (κ2) is 5.26.